The SMILES string of the molecule is CCCOc1ccc(/C=C2\C[NH+](CC)Cc3c2nc2ccccc2c3C(=O)[O-])cc1. The molecule has 5 heteroatoms. The molecule has 0 saturated carbocycles. The predicted molar refractivity (Wildman–Crippen MR) is 116 cm³/mol. The van der Waals surface area contributed by atoms with Crippen molar-refractivity contribution in [2.75, 3.05) is 19.7 Å². The molecule has 154 valence electrons. The molecule has 0 amide bonds. The Kier molecular flexibility index (Phi) is 5.81. The number of aromatic nitrogens is 1. The molecule has 0 bridgehead atoms. The van der Waals surface area contributed by atoms with Crippen LogP contribution in [0.5, 0.6) is 5.75 Å². The van der Waals surface area contributed by atoms with E-state index in [1.54, 1.807) is 0 Å². The number of aromatic carboxylic acids is 1. The number of quaternary nitrogens is 1. The van der Waals surface area contributed by atoms with Gasteiger partial charge in [-0.2, -0.15) is 0 Å². The van der Waals surface area contributed by atoms with Crippen LogP contribution in [-0.2, 0) is 6.54 Å². The summed E-state index contributed by atoms with van der Waals surface area (Å²) in [5.41, 5.74) is 4.59. The first-order chi connectivity index (χ1) is 14.6. The summed E-state index contributed by atoms with van der Waals surface area (Å²) in [5.74, 6) is -0.286. The van der Waals surface area contributed by atoms with Crippen LogP contribution in [0.2, 0.25) is 0 Å². The van der Waals surface area contributed by atoms with Gasteiger partial charge >= 0.3 is 0 Å². The van der Waals surface area contributed by atoms with Crippen molar-refractivity contribution < 1.29 is 19.5 Å². The molecule has 1 aliphatic rings. The fraction of sp³-hybridized carbons (Fsp3) is 0.280. The van der Waals surface area contributed by atoms with E-state index in [9.17, 15) is 9.90 Å². The highest BCUT2D eigenvalue weighted by Gasteiger charge is 2.28. The van der Waals surface area contributed by atoms with Gasteiger partial charge in [-0.25, -0.2) is 4.98 Å². The van der Waals surface area contributed by atoms with Gasteiger partial charge in [-0.05, 0) is 43.2 Å². The number of hydrogen-bond acceptors (Lipinski definition) is 4. The van der Waals surface area contributed by atoms with Gasteiger partial charge in [-0.3, -0.25) is 0 Å². The average molecular weight is 402 g/mol. The molecule has 5 nitrogen and oxygen atoms in total. The minimum absolute atomic E-state index is 0.274. The average Bonchev–Trinajstić information content (AvgIpc) is 2.76. The molecule has 1 atom stereocenters. The minimum atomic E-state index is -1.14. The number of likely N-dealkylation sites (N-methyl/N-ethyl adjacent to an activating group) is 1. The molecule has 0 fully saturated rings. The molecule has 0 aliphatic carbocycles. The smallest absolute Gasteiger partial charge is 0.119 e. The maximum absolute atomic E-state index is 12.1. The Balaban J connectivity index is 1.83. The highest BCUT2D eigenvalue weighted by Crippen LogP contribution is 2.30. The van der Waals surface area contributed by atoms with E-state index < -0.39 is 5.97 Å². The quantitative estimate of drug-likeness (QED) is 0.687. The van der Waals surface area contributed by atoms with E-state index in [0.29, 0.717) is 24.1 Å². The second-order valence-electron chi connectivity index (χ2n) is 7.66. The maximum atomic E-state index is 12.1. The molecule has 2 heterocycles. The zero-order chi connectivity index (χ0) is 21.1. The lowest BCUT2D eigenvalue weighted by molar-refractivity contribution is -0.905. The number of nitrogens with one attached hydrogen (secondary N) is 1. The Bertz CT molecular complexity index is 1100. The number of nitrogens with zero attached hydrogens (tertiary/aromatic N) is 1. The van der Waals surface area contributed by atoms with E-state index in [1.807, 2.05) is 48.5 Å². The third kappa shape index (κ3) is 3.94. The zero-order valence-corrected chi connectivity index (χ0v) is 17.4. The Morgan fingerprint density at radius 1 is 1.13 bits per heavy atom. The number of carboxylic acids is 1. The van der Waals surface area contributed by atoms with E-state index in [-0.39, 0.29) is 5.56 Å². The molecular formula is C25H26N2O3. The van der Waals surface area contributed by atoms with Gasteiger partial charge in [0.25, 0.3) is 0 Å². The second-order valence-corrected chi connectivity index (χ2v) is 7.66. The number of carbonyl (C=O) groups is 1. The van der Waals surface area contributed by atoms with Crippen molar-refractivity contribution in [3.05, 3.63) is 70.9 Å². The van der Waals surface area contributed by atoms with Crippen molar-refractivity contribution in [2.24, 2.45) is 0 Å². The summed E-state index contributed by atoms with van der Waals surface area (Å²) < 4.78 is 5.67. The molecule has 4 rings (SSSR count). The van der Waals surface area contributed by atoms with E-state index in [2.05, 4.69) is 19.9 Å². The number of benzene rings is 2. The zero-order valence-electron chi connectivity index (χ0n) is 17.4. The van der Waals surface area contributed by atoms with Crippen molar-refractivity contribution >= 4 is 28.5 Å². The molecular weight excluding hydrogens is 376 g/mol. The van der Waals surface area contributed by atoms with Crippen molar-refractivity contribution in [1.29, 1.82) is 0 Å². The first-order valence-electron chi connectivity index (χ1n) is 10.5. The molecule has 0 saturated heterocycles. The fourth-order valence-electron chi connectivity index (χ4n) is 4.04. The summed E-state index contributed by atoms with van der Waals surface area (Å²) >= 11 is 0. The molecule has 2 aromatic carbocycles. The largest absolute Gasteiger partial charge is 0.545 e. The summed E-state index contributed by atoms with van der Waals surface area (Å²) in [6.07, 6.45) is 3.08. The Labute approximate surface area is 176 Å². The first kappa shape index (κ1) is 20.1. The van der Waals surface area contributed by atoms with Crippen LogP contribution < -0.4 is 14.7 Å². The summed E-state index contributed by atoms with van der Waals surface area (Å²) in [6, 6.07) is 15.4. The van der Waals surface area contributed by atoms with Crippen LogP contribution in [0, 0.1) is 0 Å². The van der Waals surface area contributed by atoms with Crippen molar-refractivity contribution in [3.8, 4) is 5.75 Å². The summed E-state index contributed by atoms with van der Waals surface area (Å²) in [5, 5.41) is 12.7. The van der Waals surface area contributed by atoms with Gasteiger partial charge in [-0.15, -0.1) is 0 Å². The van der Waals surface area contributed by atoms with E-state index in [1.165, 1.54) is 4.90 Å². The number of carbonyl (C=O) groups excluding carboxylic acids is 1. The first-order valence-corrected chi connectivity index (χ1v) is 10.5. The van der Waals surface area contributed by atoms with Crippen LogP contribution in [0.4, 0.5) is 0 Å². The van der Waals surface area contributed by atoms with Crippen molar-refractivity contribution in [3.63, 3.8) is 0 Å². The van der Waals surface area contributed by atoms with Crippen molar-refractivity contribution in [2.45, 2.75) is 26.8 Å². The lowest BCUT2D eigenvalue weighted by atomic mass is 9.92. The number of ether oxygens (including phenoxy) is 1. The van der Waals surface area contributed by atoms with Crippen LogP contribution in [0.25, 0.3) is 22.6 Å². The van der Waals surface area contributed by atoms with E-state index in [0.717, 1.165) is 47.7 Å². The van der Waals surface area contributed by atoms with E-state index in [4.69, 9.17) is 9.72 Å². The number of para-hydroxylation sites is 1. The fourth-order valence-corrected chi connectivity index (χ4v) is 4.04. The van der Waals surface area contributed by atoms with Gasteiger partial charge < -0.3 is 19.5 Å². The Morgan fingerprint density at radius 3 is 2.60 bits per heavy atom. The lowest BCUT2D eigenvalue weighted by Crippen LogP contribution is -3.11. The monoisotopic (exact) mass is 402 g/mol. The molecule has 0 radical (unpaired) electrons. The number of fused-ring (bicyclic) bond motifs is 2. The third-order valence-corrected chi connectivity index (χ3v) is 5.56. The third-order valence-electron chi connectivity index (χ3n) is 5.56. The van der Waals surface area contributed by atoms with Gasteiger partial charge in [0.1, 0.15) is 18.8 Å². The topological polar surface area (TPSA) is 66.7 Å². The second kappa shape index (κ2) is 8.67. The number of rotatable bonds is 6. The molecule has 3 aromatic rings. The molecule has 1 aliphatic heterocycles. The normalized spacial score (nSPS) is 17.1. The lowest BCUT2D eigenvalue weighted by Gasteiger charge is -2.29. The molecule has 1 unspecified atom stereocenters. The van der Waals surface area contributed by atoms with Gasteiger partial charge in [0.05, 0.1) is 30.3 Å². The highest BCUT2D eigenvalue weighted by molar-refractivity contribution is 6.05. The summed E-state index contributed by atoms with van der Waals surface area (Å²) in [6.45, 7) is 7.23. The van der Waals surface area contributed by atoms with Gasteiger partial charge in [0.15, 0.2) is 0 Å². The van der Waals surface area contributed by atoms with Gasteiger partial charge in [-0.1, -0.05) is 37.3 Å². The van der Waals surface area contributed by atoms with Crippen LogP contribution >= 0.6 is 0 Å². The number of pyridine rings is 1. The van der Waals surface area contributed by atoms with Crippen molar-refractivity contribution in [1.82, 2.24) is 4.98 Å². The molecule has 30 heavy (non-hydrogen) atoms. The number of carboxylic acid groups (broad SMARTS) is 1. The summed E-state index contributed by atoms with van der Waals surface area (Å²) in [4.78, 5) is 18.3. The summed E-state index contributed by atoms with van der Waals surface area (Å²) in [7, 11) is 0. The molecule has 0 spiro atoms. The molecule has 1 N–H and O–H groups in total. The maximum Gasteiger partial charge on any atom is 0.119 e. The standard InChI is InChI=1S/C25H26N2O3/c1-3-13-30-19-11-9-17(10-12-19)14-18-15-27(4-2)16-21-23(25(28)29)20-7-5-6-8-22(20)26-24(18)21/h5-12,14H,3-4,13,15-16H2,1-2H3,(H,28,29)/b18-14+. The minimum Gasteiger partial charge on any atom is -0.545 e. The van der Waals surface area contributed by atoms with Crippen LogP contribution in [0.3, 0.4) is 0 Å². The van der Waals surface area contributed by atoms with Crippen LogP contribution in [0.1, 0.15) is 47.4 Å². The molecule has 1 aromatic heterocycles. The van der Waals surface area contributed by atoms with Gasteiger partial charge in [0, 0.05) is 22.1 Å². The Morgan fingerprint density at radius 2 is 1.90 bits per heavy atom. The van der Waals surface area contributed by atoms with Gasteiger partial charge in [0.2, 0.25) is 0 Å². The number of hydrogen-bond donors (Lipinski definition) is 1. The highest BCUT2D eigenvalue weighted by atomic mass is 16.5. The van der Waals surface area contributed by atoms with Crippen LogP contribution in [0.15, 0.2) is 48.5 Å². The van der Waals surface area contributed by atoms with Crippen LogP contribution in [-0.4, -0.2) is 30.6 Å². The predicted octanol–water partition coefficient (Wildman–Crippen LogP) is 2.35. The van der Waals surface area contributed by atoms with E-state index >= 15 is 0 Å². The Hall–Kier alpha value is -3.18.